The van der Waals surface area contributed by atoms with Crippen molar-refractivity contribution in [2.75, 3.05) is 6.61 Å². The number of ether oxygens (including phenoxy) is 1. The van der Waals surface area contributed by atoms with Crippen LogP contribution in [-0.4, -0.2) is 37.8 Å². The van der Waals surface area contributed by atoms with Crippen LogP contribution >= 0.6 is 0 Å². The SMILES string of the molecule is C=C(C)C(=O)OCCCC[Si](C)(O[Si](C)(C)C)O[Si](C)(C)C. The first-order valence-corrected chi connectivity index (χ1v) is 17.3. The summed E-state index contributed by atoms with van der Waals surface area (Å²) < 4.78 is 18.0. The first-order valence-electron chi connectivity index (χ1n) is 7.97. The molecule has 0 amide bonds. The number of rotatable bonds is 10. The fourth-order valence-corrected chi connectivity index (χ4v) is 14.9. The van der Waals surface area contributed by atoms with Gasteiger partial charge in [-0.25, -0.2) is 4.79 Å². The van der Waals surface area contributed by atoms with E-state index in [4.69, 9.17) is 13.0 Å². The highest BCUT2D eigenvalue weighted by Crippen LogP contribution is 2.26. The van der Waals surface area contributed by atoms with E-state index < -0.39 is 25.2 Å². The maximum absolute atomic E-state index is 11.3. The average molecular weight is 363 g/mol. The number of hydrogen-bond donors (Lipinski definition) is 0. The molecule has 0 aliphatic rings. The second-order valence-corrected chi connectivity index (χ2v) is 20.8. The lowest BCUT2D eigenvalue weighted by Crippen LogP contribution is -2.52. The summed E-state index contributed by atoms with van der Waals surface area (Å²) >= 11 is 0. The normalized spacial score (nSPS) is 13.1. The molecule has 0 rings (SSSR count). The third kappa shape index (κ3) is 11.4. The van der Waals surface area contributed by atoms with Crippen molar-refractivity contribution in [2.24, 2.45) is 0 Å². The van der Waals surface area contributed by atoms with Gasteiger partial charge in [-0.15, -0.1) is 0 Å². The summed E-state index contributed by atoms with van der Waals surface area (Å²) in [6.07, 6.45) is 1.80. The fourth-order valence-electron chi connectivity index (χ4n) is 2.25. The predicted octanol–water partition coefficient (Wildman–Crippen LogP) is 4.66. The lowest BCUT2D eigenvalue weighted by molar-refractivity contribution is -0.139. The third-order valence-electron chi connectivity index (χ3n) is 2.65. The molecule has 0 saturated carbocycles. The van der Waals surface area contributed by atoms with Crippen LogP contribution in [0.25, 0.3) is 0 Å². The maximum Gasteiger partial charge on any atom is 0.333 e. The summed E-state index contributed by atoms with van der Waals surface area (Å²) in [4.78, 5) is 11.3. The second-order valence-electron chi connectivity index (χ2n) is 7.94. The number of esters is 1. The molecular weight excluding hydrogens is 328 g/mol. The van der Waals surface area contributed by atoms with Gasteiger partial charge in [-0.1, -0.05) is 6.58 Å². The molecule has 0 N–H and O–H groups in total. The van der Waals surface area contributed by atoms with Crippen LogP contribution < -0.4 is 0 Å². The smallest absolute Gasteiger partial charge is 0.333 e. The number of hydrogen-bond acceptors (Lipinski definition) is 4. The molecule has 0 spiro atoms. The van der Waals surface area contributed by atoms with E-state index in [0.717, 1.165) is 18.9 Å². The molecule has 0 aromatic heterocycles. The van der Waals surface area contributed by atoms with E-state index in [1.807, 2.05) is 0 Å². The quantitative estimate of drug-likeness (QED) is 0.245. The van der Waals surface area contributed by atoms with E-state index in [-0.39, 0.29) is 5.97 Å². The zero-order valence-electron chi connectivity index (χ0n) is 15.7. The molecular formula is C15H34O4Si3. The van der Waals surface area contributed by atoms with Crippen LogP contribution in [0.1, 0.15) is 19.8 Å². The van der Waals surface area contributed by atoms with Crippen LogP contribution in [0.2, 0.25) is 51.9 Å². The van der Waals surface area contributed by atoms with Crippen molar-refractivity contribution in [3.63, 3.8) is 0 Å². The van der Waals surface area contributed by atoms with Gasteiger partial charge in [-0.3, -0.25) is 0 Å². The molecule has 0 aromatic rings. The lowest BCUT2D eigenvalue weighted by atomic mass is 10.3. The Hall–Kier alpha value is -0.219. The third-order valence-corrected chi connectivity index (χ3v) is 12.3. The van der Waals surface area contributed by atoms with Crippen molar-refractivity contribution in [1.82, 2.24) is 0 Å². The van der Waals surface area contributed by atoms with Gasteiger partial charge in [0.1, 0.15) is 0 Å². The van der Waals surface area contributed by atoms with Crippen LogP contribution in [0.15, 0.2) is 12.2 Å². The molecule has 0 aliphatic carbocycles. The molecule has 7 heteroatoms. The Morgan fingerprint density at radius 1 is 0.909 bits per heavy atom. The summed E-state index contributed by atoms with van der Waals surface area (Å²) in [7, 11) is -5.42. The Balaban J connectivity index is 4.42. The van der Waals surface area contributed by atoms with Gasteiger partial charge < -0.3 is 13.0 Å². The van der Waals surface area contributed by atoms with Crippen molar-refractivity contribution in [2.45, 2.75) is 71.6 Å². The van der Waals surface area contributed by atoms with Crippen LogP contribution in [0.4, 0.5) is 0 Å². The molecule has 0 radical (unpaired) electrons. The first kappa shape index (κ1) is 21.8. The van der Waals surface area contributed by atoms with Crippen LogP contribution in [0.5, 0.6) is 0 Å². The van der Waals surface area contributed by atoms with Crippen molar-refractivity contribution in [3.8, 4) is 0 Å². The Kier molecular flexibility index (Phi) is 8.50. The molecule has 0 unspecified atom stereocenters. The second kappa shape index (κ2) is 8.58. The van der Waals surface area contributed by atoms with E-state index in [1.54, 1.807) is 6.92 Å². The molecule has 0 saturated heterocycles. The topological polar surface area (TPSA) is 44.8 Å². The van der Waals surface area contributed by atoms with Gasteiger partial charge in [-0.2, -0.15) is 0 Å². The Labute approximate surface area is 139 Å². The minimum absolute atomic E-state index is 0.309. The highest BCUT2D eigenvalue weighted by molar-refractivity contribution is 6.87. The minimum Gasteiger partial charge on any atom is -0.462 e. The first-order chi connectivity index (χ1) is 9.74. The molecule has 0 bridgehead atoms. The monoisotopic (exact) mass is 362 g/mol. The molecule has 0 atom stereocenters. The van der Waals surface area contributed by atoms with Gasteiger partial charge in [0.25, 0.3) is 0 Å². The standard InChI is InChI=1S/C15H34O4Si3/c1-14(2)15(16)17-12-10-11-13-22(9,18-20(3,4)5)19-21(6,7)8/h1,10-13H2,2-9H3. The van der Waals surface area contributed by atoms with Gasteiger partial charge in [0, 0.05) is 5.57 Å². The summed E-state index contributed by atoms with van der Waals surface area (Å²) in [6.45, 7) is 21.1. The Morgan fingerprint density at radius 2 is 1.36 bits per heavy atom. The molecule has 0 aromatic carbocycles. The summed E-state index contributed by atoms with van der Waals surface area (Å²) in [5, 5.41) is 0. The van der Waals surface area contributed by atoms with Crippen molar-refractivity contribution in [1.29, 1.82) is 0 Å². The van der Waals surface area contributed by atoms with Crippen LogP contribution in [-0.2, 0) is 17.8 Å². The molecule has 0 aliphatic heterocycles. The Bertz CT molecular complexity index is 367. The fraction of sp³-hybridized carbons (Fsp3) is 0.800. The van der Waals surface area contributed by atoms with Crippen molar-refractivity contribution >= 4 is 31.2 Å². The number of carbonyl (C=O) groups is 1. The predicted molar refractivity (Wildman–Crippen MR) is 100 cm³/mol. The van der Waals surface area contributed by atoms with Gasteiger partial charge in [0.15, 0.2) is 16.6 Å². The number of unbranched alkanes of at least 4 members (excludes halogenated alkanes) is 1. The molecule has 0 fully saturated rings. The van der Waals surface area contributed by atoms with Gasteiger partial charge in [-0.05, 0) is 71.6 Å². The van der Waals surface area contributed by atoms with Gasteiger partial charge in [0.05, 0.1) is 6.61 Å². The zero-order valence-corrected chi connectivity index (χ0v) is 18.7. The highest BCUT2D eigenvalue weighted by Gasteiger charge is 2.39. The average Bonchev–Trinajstić information content (AvgIpc) is 2.22. The van der Waals surface area contributed by atoms with Gasteiger partial charge in [0.2, 0.25) is 0 Å². The molecule has 22 heavy (non-hydrogen) atoms. The largest absolute Gasteiger partial charge is 0.462 e. The van der Waals surface area contributed by atoms with Crippen LogP contribution in [0.3, 0.4) is 0 Å². The van der Waals surface area contributed by atoms with Gasteiger partial charge >= 0.3 is 14.5 Å². The van der Waals surface area contributed by atoms with E-state index in [2.05, 4.69) is 52.4 Å². The van der Waals surface area contributed by atoms with E-state index in [9.17, 15) is 4.79 Å². The highest BCUT2D eigenvalue weighted by atomic mass is 28.5. The molecule has 4 nitrogen and oxygen atoms in total. The molecule has 130 valence electrons. The summed E-state index contributed by atoms with van der Waals surface area (Å²) in [5.74, 6) is -0.309. The van der Waals surface area contributed by atoms with E-state index in [1.165, 1.54) is 0 Å². The van der Waals surface area contributed by atoms with E-state index in [0.29, 0.717) is 12.2 Å². The minimum atomic E-state index is -2.15. The lowest BCUT2D eigenvalue weighted by Gasteiger charge is -2.38. The van der Waals surface area contributed by atoms with Crippen molar-refractivity contribution in [3.05, 3.63) is 12.2 Å². The zero-order chi connectivity index (χ0) is 17.6. The number of carbonyl (C=O) groups excluding carboxylic acids is 1. The molecule has 0 heterocycles. The summed E-state index contributed by atoms with van der Waals surface area (Å²) in [5.41, 5.74) is 0.448. The Morgan fingerprint density at radius 3 is 1.73 bits per heavy atom. The van der Waals surface area contributed by atoms with Crippen molar-refractivity contribution < 1.29 is 17.8 Å². The maximum atomic E-state index is 11.3. The van der Waals surface area contributed by atoms with Crippen LogP contribution in [0, 0.1) is 0 Å². The summed E-state index contributed by atoms with van der Waals surface area (Å²) in [6, 6.07) is 0.951. The van der Waals surface area contributed by atoms with E-state index >= 15 is 0 Å².